The highest BCUT2D eigenvalue weighted by Gasteiger charge is 2.09. The van der Waals surface area contributed by atoms with Gasteiger partial charge in [0.25, 0.3) is 0 Å². The molecule has 120 valence electrons. The Morgan fingerprint density at radius 1 is 1.22 bits per heavy atom. The predicted octanol–water partition coefficient (Wildman–Crippen LogP) is 3.32. The van der Waals surface area contributed by atoms with E-state index < -0.39 is 5.82 Å². The number of hydrogen-bond acceptors (Lipinski definition) is 3. The summed E-state index contributed by atoms with van der Waals surface area (Å²) in [5, 5.41) is 7.97. The molecule has 0 fully saturated rings. The van der Waals surface area contributed by atoms with E-state index in [0.717, 1.165) is 0 Å². The lowest BCUT2D eigenvalue weighted by Crippen LogP contribution is -2.21. The Labute approximate surface area is 142 Å². The van der Waals surface area contributed by atoms with Crippen LogP contribution in [0.5, 0.6) is 5.75 Å². The van der Waals surface area contributed by atoms with Crippen LogP contribution in [0, 0.1) is 5.82 Å². The topological polar surface area (TPSA) is 86.0 Å². The van der Waals surface area contributed by atoms with Crippen LogP contribution in [-0.2, 0) is 6.61 Å². The van der Waals surface area contributed by atoms with Crippen LogP contribution in [-0.4, -0.2) is 12.2 Å². The molecule has 0 saturated heterocycles. The molecule has 2 rings (SSSR count). The smallest absolute Gasteiger partial charge is 0.211 e. The lowest BCUT2D eigenvalue weighted by molar-refractivity contribution is 0.299. The van der Waals surface area contributed by atoms with Crippen molar-refractivity contribution in [3.8, 4) is 5.75 Å². The predicted molar refractivity (Wildman–Crippen MR) is 90.6 cm³/mol. The van der Waals surface area contributed by atoms with Gasteiger partial charge in [0.1, 0.15) is 18.2 Å². The summed E-state index contributed by atoms with van der Waals surface area (Å²) in [4.78, 5) is 0. The second kappa shape index (κ2) is 7.80. The first kappa shape index (κ1) is 17.1. The fraction of sp³-hybridized carbons (Fsp3) is 0.0667. The summed E-state index contributed by atoms with van der Waals surface area (Å²) >= 11 is 11.9. The normalized spacial score (nSPS) is 10.7. The van der Waals surface area contributed by atoms with Gasteiger partial charge in [0.05, 0.1) is 11.2 Å². The van der Waals surface area contributed by atoms with Crippen LogP contribution in [0.15, 0.2) is 46.6 Å². The summed E-state index contributed by atoms with van der Waals surface area (Å²) in [7, 11) is 0. The Morgan fingerprint density at radius 3 is 2.70 bits per heavy atom. The number of ether oxygens (including phenoxy) is 1. The molecule has 0 atom stereocenters. The summed E-state index contributed by atoms with van der Waals surface area (Å²) < 4.78 is 19.4. The van der Waals surface area contributed by atoms with Crippen molar-refractivity contribution in [1.82, 2.24) is 0 Å². The van der Waals surface area contributed by atoms with Gasteiger partial charge < -0.3 is 16.2 Å². The van der Waals surface area contributed by atoms with Crippen LogP contribution >= 0.6 is 23.2 Å². The highest BCUT2D eigenvalue weighted by atomic mass is 35.5. The van der Waals surface area contributed by atoms with Crippen molar-refractivity contribution in [3.05, 3.63) is 63.4 Å². The number of benzene rings is 2. The SMILES string of the molecule is NC(N)=NN=Cc1cc(Cl)ccc1OCc1c(F)cccc1Cl. The van der Waals surface area contributed by atoms with Gasteiger partial charge in [0, 0.05) is 16.1 Å². The number of nitrogens with two attached hydrogens (primary N) is 2. The molecular weight excluding hydrogens is 342 g/mol. The molecule has 4 N–H and O–H groups in total. The van der Waals surface area contributed by atoms with Gasteiger partial charge in [-0.1, -0.05) is 29.3 Å². The lowest BCUT2D eigenvalue weighted by atomic mass is 10.2. The number of rotatable bonds is 5. The van der Waals surface area contributed by atoms with E-state index in [1.54, 1.807) is 24.3 Å². The quantitative estimate of drug-likeness (QED) is 0.490. The van der Waals surface area contributed by atoms with Crippen molar-refractivity contribution >= 4 is 35.4 Å². The first-order valence-electron chi connectivity index (χ1n) is 6.44. The minimum atomic E-state index is -0.442. The molecule has 0 unspecified atom stereocenters. The highest BCUT2D eigenvalue weighted by molar-refractivity contribution is 6.31. The Morgan fingerprint density at radius 2 is 2.00 bits per heavy atom. The summed E-state index contributed by atoms with van der Waals surface area (Å²) in [6.07, 6.45) is 1.38. The molecule has 2 aromatic carbocycles. The van der Waals surface area contributed by atoms with E-state index in [1.165, 1.54) is 18.3 Å². The van der Waals surface area contributed by atoms with Crippen LogP contribution in [0.25, 0.3) is 0 Å². The van der Waals surface area contributed by atoms with E-state index in [9.17, 15) is 4.39 Å². The molecule has 0 spiro atoms. The molecular formula is C15H13Cl2FN4O. The van der Waals surface area contributed by atoms with E-state index in [1.807, 2.05) is 0 Å². The van der Waals surface area contributed by atoms with Crippen LogP contribution in [0.1, 0.15) is 11.1 Å². The summed E-state index contributed by atoms with van der Waals surface area (Å²) in [5.41, 5.74) is 11.2. The van der Waals surface area contributed by atoms with Gasteiger partial charge in [-0.2, -0.15) is 5.10 Å². The van der Waals surface area contributed by atoms with Gasteiger partial charge in [0.2, 0.25) is 5.96 Å². The van der Waals surface area contributed by atoms with Gasteiger partial charge >= 0.3 is 0 Å². The molecule has 0 saturated carbocycles. The third kappa shape index (κ3) is 4.84. The number of nitrogens with zero attached hydrogens (tertiary/aromatic N) is 2. The minimum absolute atomic E-state index is 0.0454. The van der Waals surface area contributed by atoms with Crippen LogP contribution in [0.3, 0.4) is 0 Å². The van der Waals surface area contributed by atoms with Crippen molar-refractivity contribution in [2.24, 2.45) is 21.7 Å². The zero-order valence-corrected chi connectivity index (χ0v) is 13.4. The third-order valence-corrected chi connectivity index (χ3v) is 3.36. The average Bonchev–Trinajstić information content (AvgIpc) is 2.48. The monoisotopic (exact) mass is 354 g/mol. The maximum atomic E-state index is 13.8. The molecule has 0 aliphatic carbocycles. The maximum Gasteiger partial charge on any atom is 0.211 e. The van der Waals surface area contributed by atoms with Gasteiger partial charge in [-0.15, -0.1) is 5.10 Å². The first-order chi connectivity index (χ1) is 11.0. The van der Waals surface area contributed by atoms with Crippen LogP contribution in [0.4, 0.5) is 4.39 Å². The zero-order valence-electron chi connectivity index (χ0n) is 11.8. The maximum absolute atomic E-state index is 13.8. The standard InChI is InChI=1S/C15H13Cl2FN4O/c16-10-4-5-14(9(6-10)7-21-22-15(19)20)23-8-11-12(17)2-1-3-13(11)18/h1-7H,8H2,(H4,19,20,22). The summed E-state index contributed by atoms with van der Waals surface area (Å²) in [6, 6.07) is 9.31. The van der Waals surface area contributed by atoms with E-state index >= 15 is 0 Å². The molecule has 0 aliphatic rings. The lowest BCUT2D eigenvalue weighted by Gasteiger charge is -2.11. The summed E-state index contributed by atoms with van der Waals surface area (Å²) in [5.74, 6) is -0.186. The second-order valence-corrected chi connectivity index (χ2v) is 5.28. The minimum Gasteiger partial charge on any atom is -0.488 e. The highest BCUT2D eigenvalue weighted by Crippen LogP contribution is 2.25. The van der Waals surface area contributed by atoms with Crippen molar-refractivity contribution < 1.29 is 9.13 Å². The van der Waals surface area contributed by atoms with Crippen molar-refractivity contribution in [2.75, 3.05) is 0 Å². The van der Waals surface area contributed by atoms with E-state index in [2.05, 4.69) is 10.2 Å². The van der Waals surface area contributed by atoms with Gasteiger partial charge in [-0.05, 0) is 30.3 Å². The number of halogens is 3. The van der Waals surface area contributed by atoms with Crippen LogP contribution in [0.2, 0.25) is 10.0 Å². The molecule has 0 bridgehead atoms. The average molecular weight is 355 g/mol. The van der Waals surface area contributed by atoms with Crippen LogP contribution < -0.4 is 16.2 Å². The first-order valence-corrected chi connectivity index (χ1v) is 7.20. The molecule has 8 heteroatoms. The fourth-order valence-corrected chi connectivity index (χ4v) is 2.13. The fourth-order valence-electron chi connectivity index (χ4n) is 1.73. The largest absolute Gasteiger partial charge is 0.488 e. The Bertz CT molecular complexity index is 741. The van der Waals surface area contributed by atoms with E-state index in [-0.39, 0.29) is 23.2 Å². The molecule has 0 heterocycles. The molecule has 5 nitrogen and oxygen atoms in total. The van der Waals surface area contributed by atoms with Crippen molar-refractivity contribution in [3.63, 3.8) is 0 Å². The molecule has 0 amide bonds. The number of hydrogen-bond donors (Lipinski definition) is 2. The van der Waals surface area contributed by atoms with Crippen molar-refractivity contribution in [1.29, 1.82) is 0 Å². The van der Waals surface area contributed by atoms with Gasteiger partial charge in [-0.3, -0.25) is 0 Å². The molecule has 23 heavy (non-hydrogen) atoms. The molecule has 0 aromatic heterocycles. The zero-order chi connectivity index (χ0) is 16.8. The third-order valence-electron chi connectivity index (χ3n) is 2.78. The van der Waals surface area contributed by atoms with E-state index in [4.69, 9.17) is 39.4 Å². The Kier molecular flexibility index (Phi) is 5.78. The molecule has 0 aliphatic heterocycles. The Balaban J connectivity index is 2.23. The van der Waals surface area contributed by atoms with Gasteiger partial charge in [0.15, 0.2) is 0 Å². The van der Waals surface area contributed by atoms with Crippen molar-refractivity contribution in [2.45, 2.75) is 6.61 Å². The van der Waals surface area contributed by atoms with E-state index in [0.29, 0.717) is 16.3 Å². The Hall–Kier alpha value is -2.31. The second-order valence-electron chi connectivity index (χ2n) is 4.44. The number of guanidine groups is 1. The van der Waals surface area contributed by atoms with Gasteiger partial charge in [-0.25, -0.2) is 4.39 Å². The molecule has 0 radical (unpaired) electrons. The summed E-state index contributed by atoms with van der Waals surface area (Å²) in [6.45, 7) is -0.0454. The molecule has 2 aromatic rings.